The highest BCUT2D eigenvalue weighted by Crippen LogP contribution is 2.30. The molecule has 0 aromatic carbocycles. The van der Waals surface area contributed by atoms with Gasteiger partial charge in [-0.05, 0) is 60.4 Å². The summed E-state index contributed by atoms with van der Waals surface area (Å²) in [7, 11) is -3.92. The number of pyridine rings is 2. The Morgan fingerprint density at radius 1 is 1.34 bits per heavy atom. The molecule has 32 heavy (non-hydrogen) atoms. The molecule has 3 rings (SSSR count). The lowest BCUT2D eigenvalue weighted by Crippen LogP contribution is -2.26. The van der Waals surface area contributed by atoms with E-state index in [0.29, 0.717) is 25.3 Å². The van der Waals surface area contributed by atoms with E-state index < -0.39 is 16.1 Å². The second-order valence-electron chi connectivity index (χ2n) is 9.28. The first-order valence-corrected chi connectivity index (χ1v) is 12.2. The number of nitrogens with one attached hydrogen (secondary N) is 1. The largest absolute Gasteiger partial charge is 0.465 e. The van der Waals surface area contributed by atoms with Crippen LogP contribution in [0.25, 0.3) is 0 Å². The number of primary sulfonamides is 1. The van der Waals surface area contributed by atoms with Crippen LogP contribution < -0.4 is 10.5 Å². The van der Waals surface area contributed by atoms with Crippen LogP contribution in [-0.2, 0) is 15.4 Å². The van der Waals surface area contributed by atoms with E-state index >= 15 is 0 Å². The molecule has 174 valence electrons. The van der Waals surface area contributed by atoms with Gasteiger partial charge < -0.3 is 15.3 Å². The van der Waals surface area contributed by atoms with Crippen LogP contribution in [0, 0.1) is 5.92 Å². The molecule has 1 unspecified atom stereocenters. The minimum absolute atomic E-state index is 0.0541. The minimum Gasteiger partial charge on any atom is -0.465 e. The molecule has 9 nitrogen and oxygen atoms in total. The smallest absolute Gasteiger partial charge is 0.407 e. The second-order valence-corrected chi connectivity index (χ2v) is 10.8. The SMILES string of the molecule is CC(C)(C)c1ccnc(C(CC[C@H]2CCN(C(=O)O)C2)Nc2cccc(S(N)(=O)=O)n2)c1. The van der Waals surface area contributed by atoms with Gasteiger partial charge in [0.1, 0.15) is 5.82 Å². The maximum atomic E-state index is 11.7. The second kappa shape index (κ2) is 9.41. The van der Waals surface area contributed by atoms with Crippen LogP contribution in [-0.4, -0.2) is 47.6 Å². The highest BCUT2D eigenvalue weighted by Gasteiger charge is 2.27. The Bertz CT molecular complexity index is 1070. The molecule has 0 bridgehead atoms. The quantitative estimate of drug-likeness (QED) is 0.574. The molecule has 10 heteroatoms. The molecule has 0 radical (unpaired) electrons. The summed E-state index contributed by atoms with van der Waals surface area (Å²) in [6.07, 6.45) is 3.22. The minimum atomic E-state index is -3.92. The van der Waals surface area contributed by atoms with Crippen molar-refractivity contribution >= 4 is 21.9 Å². The van der Waals surface area contributed by atoms with Gasteiger partial charge in [-0.2, -0.15) is 0 Å². The van der Waals surface area contributed by atoms with Gasteiger partial charge in [-0.3, -0.25) is 4.98 Å². The van der Waals surface area contributed by atoms with Crippen LogP contribution >= 0.6 is 0 Å². The van der Waals surface area contributed by atoms with Gasteiger partial charge in [-0.25, -0.2) is 23.3 Å². The van der Waals surface area contributed by atoms with Crippen molar-refractivity contribution in [3.63, 3.8) is 0 Å². The van der Waals surface area contributed by atoms with Crippen molar-refractivity contribution in [3.05, 3.63) is 47.8 Å². The molecule has 0 saturated carbocycles. The average molecular weight is 462 g/mol. The van der Waals surface area contributed by atoms with Gasteiger partial charge in [0, 0.05) is 19.3 Å². The monoisotopic (exact) mass is 461 g/mol. The fourth-order valence-electron chi connectivity index (χ4n) is 3.88. The molecule has 3 heterocycles. The lowest BCUT2D eigenvalue weighted by Gasteiger charge is -2.24. The Balaban J connectivity index is 1.84. The van der Waals surface area contributed by atoms with Crippen molar-refractivity contribution < 1.29 is 18.3 Å². The Kier molecular flexibility index (Phi) is 7.04. The molecule has 1 saturated heterocycles. The molecule has 1 amide bonds. The first-order chi connectivity index (χ1) is 14.9. The normalized spacial score (nSPS) is 17.9. The van der Waals surface area contributed by atoms with E-state index in [4.69, 9.17) is 5.14 Å². The average Bonchev–Trinajstić information content (AvgIpc) is 3.19. The van der Waals surface area contributed by atoms with Gasteiger partial charge in [-0.1, -0.05) is 26.8 Å². The van der Waals surface area contributed by atoms with Crippen LogP contribution in [0.2, 0.25) is 0 Å². The number of aromatic nitrogens is 2. The number of hydrogen-bond donors (Lipinski definition) is 3. The fraction of sp³-hybridized carbons (Fsp3) is 0.500. The summed E-state index contributed by atoms with van der Waals surface area (Å²) in [5.41, 5.74) is 1.91. The van der Waals surface area contributed by atoms with E-state index in [-0.39, 0.29) is 22.4 Å². The Morgan fingerprint density at radius 3 is 2.72 bits per heavy atom. The Morgan fingerprint density at radius 2 is 2.09 bits per heavy atom. The summed E-state index contributed by atoms with van der Waals surface area (Å²) in [4.78, 5) is 21.4. The third kappa shape index (κ3) is 6.17. The number of carbonyl (C=O) groups is 1. The Labute approximate surface area is 189 Å². The summed E-state index contributed by atoms with van der Waals surface area (Å²) in [5.74, 6) is 0.660. The van der Waals surface area contributed by atoms with Crippen molar-refractivity contribution in [1.29, 1.82) is 0 Å². The van der Waals surface area contributed by atoms with Crippen molar-refractivity contribution in [3.8, 4) is 0 Å². The predicted molar refractivity (Wildman–Crippen MR) is 122 cm³/mol. The van der Waals surface area contributed by atoms with E-state index in [1.165, 1.54) is 11.0 Å². The first-order valence-electron chi connectivity index (χ1n) is 10.6. The molecule has 2 aromatic rings. The zero-order chi connectivity index (χ0) is 23.5. The lowest BCUT2D eigenvalue weighted by atomic mass is 9.86. The number of sulfonamides is 1. The van der Waals surface area contributed by atoms with Gasteiger partial charge in [0.25, 0.3) is 10.0 Å². The van der Waals surface area contributed by atoms with E-state index in [2.05, 4.69) is 42.1 Å². The number of hydrogen-bond acceptors (Lipinski definition) is 6. The number of nitrogens with two attached hydrogens (primary N) is 1. The number of anilines is 1. The highest BCUT2D eigenvalue weighted by atomic mass is 32.2. The van der Waals surface area contributed by atoms with Gasteiger partial charge in [0.2, 0.25) is 0 Å². The van der Waals surface area contributed by atoms with Crippen LogP contribution in [0.5, 0.6) is 0 Å². The maximum absolute atomic E-state index is 11.7. The van der Waals surface area contributed by atoms with Gasteiger partial charge in [0.05, 0.1) is 11.7 Å². The molecule has 0 spiro atoms. The maximum Gasteiger partial charge on any atom is 0.407 e. The third-order valence-corrected chi connectivity index (χ3v) is 6.57. The molecular weight excluding hydrogens is 430 g/mol. The topological polar surface area (TPSA) is 139 Å². The van der Waals surface area contributed by atoms with E-state index in [0.717, 1.165) is 24.1 Å². The zero-order valence-electron chi connectivity index (χ0n) is 18.7. The number of carboxylic acid groups (broad SMARTS) is 1. The van der Waals surface area contributed by atoms with Crippen molar-refractivity contribution in [1.82, 2.24) is 14.9 Å². The molecular formula is C22H31N5O4S. The zero-order valence-corrected chi connectivity index (χ0v) is 19.5. The molecule has 4 N–H and O–H groups in total. The van der Waals surface area contributed by atoms with E-state index in [1.54, 1.807) is 18.3 Å². The number of amides is 1. The summed E-state index contributed by atoms with van der Waals surface area (Å²) in [5, 5.41) is 17.6. The predicted octanol–water partition coefficient (Wildman–Crippen LogP) is 3.35. The van der Waals surface area contributed by atoms with Crippen LogP contribution in [0.15, 0.2) is 41.6 Å². The Hall–Kier alpha value is -2.72. The summed E-state index contributed by atoms with van der Waals surface area (Å²) in [6.45, 7) is 7.46. The number of nitrogens with zero attached hydrogens (tertiary/aromatic N) is 3. The van der Waals surface area contributed by atoms with E-state index in [9.17, 15) is 18.3 Å². The van der Waals surface area contributed by atoms with Crippen LogP contribution in [0.1, 0.15) is 57.3 Å². The third-order valence-electron chi connectivity index (χ3n) is 5.76. The molecule has 0 aliphatic carbocycles. The van der Waals surface area contributed by atoms with E-state index in [1.807, 2.05) is 6.07 Å². The standard InChI is InChI=1S/C22H31N5O4S/c1-22(2,3)16-9-11-24-18(13-16)17(8-7-15-10-12-27(14-15)21(28)29)25-19-5-4-6-20(26-19)32(23,30)31/h4-6,9,11,13,15,17H,7-8,10,12,14H2,1-3H3,(H,25,26)(H,28,29)(H2,23,30,31)/t15-,17?/m0/s1. The van der Waals surface area contributed by atoms with Gasteiger partial charge in [-0.15, -0.1) is 0 Å². The summed E-state index contributed by atoms with van der Waals surface area (Å²) < 4.78 is 23.4. The van der Waals surface area contributed by atoms with Gasteiger partial charge in [0.15, 0.2) is 5.03 Å². The highest BCUT2D eigenvalue weighted by molar-refractivity contribution is 7.89. The van der Waals surface area contributed by atoms with Crippen molar-refractivity contribution in [2.45, 2.75) is 56.5 Å². The van der Waals surface area contributed by atoms with Crippen molar-refractivity contribution in [2.24, 2.45) is 11.1 Å². The molecule has 2 atom stereocenters. The molecule has 2 aromatic heterocycles. The van der Waals surface area contributed by atoms with Crippen LogP contribution in [0.4, 0.5) is 10.6 Å². The molecule has 1 fully saturated rings. The van der Waals surface area contributed by atoms with Crippen LogP contribution in [0.3, 0.4) is 0 Å². The first kappa shape index (κ1) is 23.9. The number of likely N-dealkylation sites (tertiary alicyclic amines) is 1. The summed E-state index contributed by atoms with van der Waals surface area (Å²) in [6, 6.07) is 8.46. The number of rotatable bonds is 7. The summed E-state index contributed by atoms with van der Waals surface area (Å²) >= 11 is 0. The van der Waals surface area contributed by atoms with Crippen molar-refractivity contribution in [2.75, 3.05) is 18.4 Å². The molecule has 1 aliphatic rings. The lowest BCUT2D eigenvalue weighted by molar-refractivity contribution is 0.153. The molecule has 1 aliphatic heterocycles. The van der Waals surface area contributed by atoms with Gasteiger partial charge >= 0.3 is 6.09 Å². The fourth-order valence-corrected chi connectivity index (χ4v) is 4.37.